The summed E-state index contributed by atoms with van der Waals surface area (Å²) < 4.78 is 12.8. The fourth-order valence-corrected chi connectivity index (χ4v) is 2.01. The number of fused-ring (bicyclic) bond motifs is 1. The van der Waals surface area contributed by atoms with Crippen LogP contribution in [0.5, 0.6) is 0 Å². The zero-order valence-corrected chi connectivity index (χ0v) is 9.28. The zero-order chi connectivity index (χ0) is 11.7. The first-order valence-electron chi connectivity index (χ1n) is 5.65. The Kier molecular flexibility index (Phi) is 2.57. The Labute approximate surface area is 98.7 Å². The van der Waals surface area contributed by atoms with Crippen molar-refractivity contribution in [1.29, 1.82) is 0 Å². The van der Waals surface area contributed by atoms with Crippen molar-refractivity contribution in [2.24, 2.45) is 0 Å². The van der Waals surface area contributed by atoms with Crippen LogP contribution in [0.2, 0.25) is 0 Å². The van der Waals surface area contributed by atoms with E-state index < -0.39 is 0 Å². The first-order valence-corrected chi connectivity index (χ1v) is 5.65. The summed E-state index contributed by atoms with van der Waals surface area (Å²) in [5.74, 6) is -0.235. The van der Waals surface area contributed by atoms with Crippen molar-refractivity contribution in [3.63, 3.8) is 0 Å². The summed E-state index contributed by atoms with van der Waals surface area (Å²) in [4.78, 5) is 0. The summed E-state index contributed by atoms with van der Waals surface area (Å²) in [6.45, 7) is 1.79. The lowest BCUT2D eigenvalue weighted by molar-refractivity contribution is 0.621. The van der Waals surface area contributed by atoms with Gasteiger partial charge in [0, 0.05) is 25.1 Å². The van der Waals surface area contributed by atoms with Crippen LogP contribution in [0.1, 0.15) is 11.3 Å². The summed E-state index contributed by atoms with van der Waals surface area (Å²) in [7, 11) is 0. The highest BCUT2D eigenvalue weighted by molar-refractivity contribution is 5.59. The SMILES string of the molecule is Fc1ccc(-c2cc3c(nn2)CCNC3)cc1. The molecule has 0 saturated carbocycles. The molecule has 17 heavy (non-hydrogen) atoms. The van der Waals surface area contributed by atoms with Gasteiger partial charge < -0.3 is 5.32 Å². The molecule has 0 aliphatic carbocycles. The summed E-state index contributed by atoms with van der Waals surface area (Å²) in [6.07, 6.45) is 0.923. The summed E-state index contributed by atoms with van der Waals surface area (Å²) in [5, 5.41) is 11.7. The molecule has 0 fully saturated rings. The van der Waals surface area contributed by atoms with Crippen LogP contribution in [-0.2, 0) is 13.0 Å². The number of nitrogens with zero attached hydrogens (tertiary/aromatic N) is 2. The van der Waals surface area contributed by atoms with Crippen molar-refractivity contribution >= 4 is 0 Å². The normalized spacial score (nSPS) is 14.4. The minimum Gasteiger partial charge on any atom is -0.312 e. The molecule has 0 saturated heterocycles. The predicted octanol–water partition coefficient (Wildman–Crippen LogP) is 1.93. The maximum Gasteiger partial charge on any atom is 0.123 e. The van der Waals surface area contributed by atoms with E-state index in [-0.39, 0.29) is 5.82 Å². The quantitative estimate of drug-likeness (QED) is 0.812. The molecule has 0 bridgehead atoms. The third-order valence-electron chi connectivity index (χ3n) is 2.95. The number of hydrogen-bond acceptors (Lipinski definition) is 3. The average Bonchev–Trinajstić information content (AvgIpc) is 2.39. The Morgan fingerprint density at radius 2 is 1.94 bits per heavy atom. The van der Waals surface area contributed by atoms with Gasteiger partial charge >= 0.3 is 0 Å². The maximum atomic E-state index is 12.8. The van der Waals surface area contributed by atoms with Gasteiger partial charge in [-0.15, -0.1) is 0 Å². The van der Waals surface area contributed by atoms with E-state index in [0.717, 1.165) is 36.5 Å². The van der Waals surface area contributed by atoms with E-state index in [1.54, 1.807) is 12.1 Å². The van der Waals surface area contributed by atoms with Crippen LogP contribution in [0.4, 0.5) is 4.39 Å². The van der Waals surface area contributed by atoms with E-state index >= 15 is 0 Å². The molecular weight excluding hydrogens is 217 g/mol. The largest absolute Gasteiger partial charge is 0.312 e. The van der Waals surface area contributed by atoms with Crippen molar-refractivity contribution < 1.29 is 4.39 Å². The first kappa shape index (κ1) is 10.4. The smallest absolute Gasteiger partial charge is 0.123 e. The van der Waals surface area contributed by atoms with Gasteiger partial charge in [-0.3, -0.25) is 0 Å². The molecule has 0 spiro atoms. The van der Waals surface area contributed by atoms with Crippen molar-refractivity contribution in [3.05, 3.63) is 47.4 Å². The molecular formula is C13H12FN3. The van der Waals surface area contributed by atoms with Crippen molar-refractivity contribution in [2.45, 2.75) is 13.0 Å². The molecule has 2 heterocycles. The van der Waals surface area contributed by atoms with E-state index in [4.69, 9.17) is 0 Å². The molecule has 0 amide bonds. The summed E-state index contributed by atoms with van der Waals surface area (Å²) in [6, 6.07) is 8.36. The van der Waals surface area contributed by atoms with Gasteiger partial charge in [-0.05, 0) is 35.9 Å². The first-order chi connectivity index (χ1) is 8.33. The van der Waals surface area contributed by atoms with E-state index in [2.05, 4.69) is 15.5 Å². The van der Waals surface area contributed by atoms with Gasteiger partial charge in [0.2, 0.25) is 0 Å². The molecule has 1 N–H and O–H groups in total. The maximum absolute atomic E-state index is 12.8. The molecule has 0 atom stereocenters. The Bertz CT molecular complexity index is 537. The Morgan fingerprint density at radius 1 is 1.12 bits per heavy atom. The molecule has 1 aliphatic heterocycles. The van der Waals surface area contributed by atoms with Crippen molar-refractivity contribution in [2.75, 3.05) is 6.54 Å². The van der Waals surface area contributed by atoms with Crippen molar-refractivity contribution in [1.82, 2.24) is 15.5 Å². The fourth-order valence-electron chi connectivity index (χ4n) is 2.01. The van der Waals surface area contributed by atoms with Crippen LogP contribution in [0.15, 0.2) is 30.3 Å². The van der Waals surface area contributed by atoms with E-state index in [1.807, 2.05) is 6.07 Å². The second-order valence-electron chi connectivity index (χ2n) is 4.14. The summed E-state index contributed by atoms with van der Waals surface area (Å²) in [5.41, 5.74) is 3.94. The zero-order valence-electron chi connectivity index (χ0n) is 9.28. The van der Waals surface area contributed by atoms with Gasteiger partial charge in [-0.25, -0.2) is 4.39 Å². The lowest BCUT2D eigenvalue weighted by Crippen LogP contribution is -2.24. The van der Waals surface area contributed by atoms with Gasteiger partial charge in [0.05, 0.1) is 11.4 Å². The van der Waals surface area contributed by atoms with Gasteiger partial charge in [0.25, 0.3) is 0 Å². The van der Waals surface area contributed by atoms with E-state index in [1.165, 1.54) is 17.7 Å². The standard InChI is InChI=1S/C13H12FN3/c14-11-3-1-9(2-4-11)13-7-10-8-15-6-5-12(10)16-17-13/h1-4,7,15H,5-6,8H2. The molecule has 3 rings (SSSR count). The van der Waals surface area contributed by atoms with Crippen LogP contribution in [0.25, 0.3) is 11.3 Å². The minimum absolute atomic E-state index is 0.235. The van der Waals surface area contributed by atoms with Crippen LogP contribution in [0, 0.1) is 5.82 Å². The average molecular weight is 229 g/mol. The second kappa shape index (κ2) is 4.22. The van der Waals surface area contributed by atoms with E-state index in [0.29, 0.717) is 0 Å². The molecule has 0 unspecified atom stereocenters. The van der Waals surface area contributed by atoms with Crippen LogP contribution >= 0.6 is 0 Å². The molecule has 86 valence electrons. The number of rotatable bonds is 1. The molecule has 3 nitrogen and oxygen atoms in total. The fraction of sp³-hybridized carbons (Fsp3) is 0.231. The third-order valence-corrected chi connectivity index (χ3v) is 2.95. The van der Waals surface area contributed by atoms with Crippen LogP contribution in [0.3, 0.4) is 0 Å². The van der Waals surface area contributed by atoms with Gasteiger partial charge in [-0.1, -0.05) is 0 Å². The number of benzene rings is 1. The third kappa shape index (κ3) is 2.03. The second-order valence-corrected chi connectivity index (χ2v) is 4.14. The number of hydrogen-bond donors (Lipinski definition) is 1. The van der Waals surface area contributed by atoms with Crippen molar-refractivity contribution in [3.8, 4) is 11.3 Å². The molecule has 2 aromatic rings. The Balaban J connectivity index is 2.01. The lowest BCUT2D eigenvalue weighted by atomic mass is 10.0. The molecule has 0 radical (unpaired) electrons. The predicted molar refractivity (Wildman–Crippen MR) is 62.8 cm³/mol. The molecule has 4 heteroatoms. The molecule has 1 aromatic heterocycles. The van der Waals surface area contributed by atoms with Crippen LogP contribution in [-0.4, -0.2) is 16.7 Å². The van der Waals surface area contributed by atoms with Gasteiger partial charge in [0.1, 0.15) is 5.82 Å². The number of aromatic nitrogens is 2. The highest BCUT2D eigenvalue weighted by Crippen LogP contribution is 2.20. The monoisotopic (exact) mass is 229 g/mol. The Hall–Kier alpha value is -1.81. The highest BCUT2D eigenvalue weighted by Gasteiger charge is 2.12. The van der Waals surface area contributed by atoms with Crippen LogP contribution < -0.4 is 5.32 Å². The number of halogens is 1. The summed E-state index contributed by atoms with van der Waals surface area (Å²) >= 11 is 0. The Morgan fingerprint density at radius 3 is 2.76 bits per heavy atom. The highest BCUT2D eigenvalue weighted by atomic mass is 19.1. The number of nitrogens with one attached hydrogen (secondary N) is 1. The van der Waals surface area contributed by atoms with E-state index in [9.17, 15) is 4.39 Å². The van der Waals surface area contributed by atoms with Gasteiger partial charge in [-0.2, -0.15) is 10.2 Å². The molecule has 1 aliphatic rings. The molecule has 1 aromatic carbocycles. The van der Waals surface area contributed by atoms with Gasteiger partial charge in [0.15, 0.2) is 0 Å². The lowest BCUT2D eigenvalue weighted by Gasteiger charge is -2.15. The minimum atomic E-state index is -0.235. The topological polar surface area (TPSA) is 37.8 Å².